The first kappa shape index (κ1) is 12.3. The molecule has 0 spiro atoms. The third-order valence-electron chi connectivity index (χ3n) is 4.28. The zero-order valence-corrected chi connectivity index (χ0v) is 11.0. The summed E-state index contributed by atoms with van der Waals surface area (Å²) in [6.45, 7) is 2.03. The van der Waals surface area contributed by atoms with Crippen LogP contribution in [0.3, 0.4) is 0 Å². The summed E-state index contributed by atoms with van der Waals surface area (Å²) in [7, 11) is 0. The van der Waals surface area contributed by atoms with E-state index in [1.165, 1.54) is 18.9 Å². The summed E-state index contributed by atoms with van der Waals surface area (Å²) < 4.78 is 15.4. The molecular formula is C15H17FN2O. The van der Waals surface area contributed by atoms with Gasteiger partial charge >= 0.3 is 0 Å². The van der Waals surface area contributed by atoms with Gasteiger partial charge in [-0.05, 0) is 37.8 Å². The fraction of sp³-hybridized carbons (Fsp3) is 0.467. The second-order valence-corrected chi connectivity index (χ2v) is 5.38. The highest BCUT2D eigenvalue weighted by molar-refractivity contribution is 5.77. The first-order valence-corrected chi connectivity index (χ1v) is 6.84. The monoisotopic (exact) mass is 260 g/mol. The lowest BCUT2D eigenvalue weighted by Gasteiger charge is -2.21. The van der Waals surface area contributed by atoms with E-state index < -0.39 is 5.82 Å². The van der Waals surface area contributed by atoms with Crippen molar-refractivity contribution in [3.8, 4) is 0 Å². The van der Waals surface area contributed by atoms with Crippen LogP contribution in [0.25, 0.3) is 10.9 Å². The predicted molar refractivity (Wildman–Crippen MR) is 72.6 cm³/mol. The van der Waals surface area contributed by atoms with Gasteiger partial charge in [-0.1, -0.05) is 18.9 Å². The van der Waals surface area contributed by atoms with Gasteiger partial charge in [0.25, 0.3) is 5.56 Å². The molecule has 0 N–H and O–H groups in total. The van der Waals surface area contributed by atoms with Gasteiger partial charge in [-0.25, -0.2) is 9.37 Å². The van der Waals surface area contributed by atoms with E-state index in [0.717, 1.165) is 12.8 Å². The van der Waals surface area contributed by atoms with Gasteiger partial charge < -0.3 is 0 Å². The Morgan fingerprint density at radius 2 is 2.11 bits per heavy atom. The maximum absolute atomic E-state index is 13.8. The summed E-state index contributed by atoms with van der Waals surface area (Å²) in [6.07, 6.45) is 6.29. The van der Waals surface area contributed by atoms with Gasteiger partial charge in [0.15, 0.2) is 0 Å². The predicted octanol–water partition coefficient (Wildman–Crippen LogP) is 3.29. The third kappa shape index (κ3) is 2.05. The van der Waals surface area contributed by atoms with Crippen LogP contribution < -0.4 is 5.56 Å². The van der Waals surface area contributed by atoms with E-state index in [4.69, 9.17) is 0 Å². The van der Waals surface area contributed by atoms with Gasteiger partial charge in [0.05, 0.1) is 11.8 Å². The molecule has 0 saturated heterocycles. The SMILES string of the molecule is C[C@H](C1CCCC1)n1cnc2cccc(F)c2c1=O. The Bertz CT molecular complexity index is 659. The number of nitrogens with zero attached hydrogens (tertiary/aromatic N) is 2. The highest BCUT2D eigenvalue weighted by Gasteiger charge is 2.24. The standard InChI is InChI=1S/C15H17FN2O/c1-10(11-5-2-3-6-11)18-9-17-13-8-4-7-12(16)14(13)15(18)19/h4,7-11H,2-3,5-6H2,1H3/t10-/m1/s1. The number of rotatable bonds is 2. The van der Waals surface area contributed by atoms with Crippen LogP contribution in [0.2, 0.25) is 0 Å². The second-order valence-electron chi connectivity index (χ2n) is 5.38. The van der Waals surface area contributed by atoms with E-state index in [1.54, 1.807) is 23.0 Å². The van der Waals surface area contributed by atoms with Crippen molar-refractivity contribution in [2.24, 2.45) is 5.92 Å². The molecule has 100 valence electrons. The molecule has 2 aromatic rings. The first-order valence-electron chi connectivity index (χ1n) is 6.84. The molecule has 0 bridgehead atoms. The van der Waals surface area contributed by atoms with Crippen molar-refractivity contribution >= 4 is 10.9 Å². The van der Waals surface area contributed by atoms with Crippen molar-refractivity contribution in [3.63, 3.8) is 0 Å². The lowest BCUT2D eigenvalue weighted by molar-refractivity contribution is 0.351. The minimum absolute atomic E-state index is 0.0894. The van der Waals surface area contributed by atoms with Crippen molar-refractivity contribution in [1.82, 2.24) is 9.55 Å². The van der Waals surface area contributed by atoms with Crippen LogP contribution in [0.15, 0.2) is 29.3 Å². The third-order valence-corrected chi connectivity index (χ3v) is 4.28. The van der Waals surface area contributed by atoms with Gasteiger partial charge in [0.2, 0.25) is 0 Å². The molecular weight excluding hydrogens is 243 g/mol. The van der Waals surface area contributed by atoms with E-state index >= 15 is 0 Å². The Hall–Kier alpha value is -1.71. The number of hydrogen-bond donors (Lipinski definition) is 0. The Kier molecular flexibility index (Phi) is 3.09. The van der Waals surface area contributed by atoms with Crippen LogP contribution in [0.4, 0.5) is 4.39 Å². The summed E-state index contributed by atoms with van der Waals surface area (Å²) in [5, 5.41) is 0.106. The normalized spacial score (nSPS) is 18.0. The Labute approximate surface area is 111 Å². The average Bonchev–Trinajstić information content (AvgIpc) is 2.92. The molecule has 0 radical (unpaired) electrons. The fourth-order valence-corrected chi connectivity index (χ4v) is 3.10. The highest BCUT2D eigenvalue weighted by atomic mass is 19.1. The zero-order chi connectivity index (χ0) is 13.4. The Morgan fingerprint density at radius 1 is 1.37 bits per heavy atom. The summed E-state index contributed by atoms with van der Waals surface area (Å²) >= 11 is 0. The van der Waals surface area contributed by atoms with Gasteiger partial charge in [-0.15, -0.1) is 0 Å². The molecule has 1 saturated carbocycles. The molecule has 0 amide bonds. The molecule has 3 nitrogen and oxygen atoms in total. The lowest BCUT2D eigenvalue weighted by Crippen LogP contribution is -2.27. The van der Waals surface area contributed by atoms with Crippen LogP contribution in [0, 0.1) is 11.7 Å². The zero-order valence-electron chi connectivity index (χ0n) is 11.0. The highest BCUT2D eigenvalue weighted by Crippen LogP contribution is 2.33. The topological polar surface area (TPSA) is 34.9 Å². The van der Waals surface area contributed by atoms with Crippen molar-refractivity contribution in [2.45, 2.75) is 38.6 Å². The minimum atomic E-state index is -0.483. The molecule has 0 unspecified atom stereocenters. The number of halogens is 1. The molecule has 1 aromatic heterocycles. The summed E-state index contributed by atoms with van der Waals surface area (Å²) in [5.74, 6) is 0.0201. The number of fused-ring (bicyclic) bond motifs is 1. The van der Waals surface area contributed by atoms with Gasteiger partial charge in [-0.3, -0.25) is 9.36 Å². The van der Waals surface area contributed by atoms with Crippen molar-refractivity contribution in [1.29, 1.82) is 0 Å². The van der Waals surface area contributed by atoms with Crippen LogP contribution >= 0.6 is 0 Å². The number of aromatic nitrogens is 2. The van der Waals surface area contributed by atoms with E-state index in [-0.39, 0.29) is 17.0 Å². The molecule has 3 rings (SSSR count). The average molecular weight is 260 g/mol. The van der Waals surface area contributed by atoms with E-state index in [1.807, 2.05) is 6.92 Å². The van der Waals surface area contributed by atoms with Crippen LogP contribution in [0.5, 0.6) is 0 Å². The molecule has 1 aliphatic carbocycles. The number of hydrogen-bond acceptors (Lipinski definition) is 2. The van der Waals surface area contributed by atoms with Gasteiger partial charge in [-0.2, -0.15) is 0 Å². The summed E-state index contributed by atoms with van der Waals surface area (Å²) in [6, 6.07) is 4.65. The molecule has 1 aliphatic rings. The van der Waals surface area contributed by atoms with Crippen molar-refractivity contribution < 1.29 is 4.39 Å². The van der Waals surface area contributed by atoms with Gasteiger partial charge in [0, 0.05) is 6.04 Å². The van der Waals surface area contributed by atoms with E-state index in [0.29, 0.717) is 11.4 Å². The fourth-order valence-electron chi connectivity index (χ4n) is 3.10. The molecule has 1 aromatic carbocycles. The maximum Gasteiger partial charge on any atom is 0.264 e. The smallest absolute Gasteiger partial charge is 0.264 e. The molecule has 1 fully saturated rings. The van der Waals surface area contributed by atoms with E-state index in [9.17, 15) is 9.18 Å². The summed E-state index contributed by atoms with van der Waals surface area (Å²) in [4.78, 5) is 16.6. The largest absolute Gasteiger partial charge is 0.296 e. The van der Waals surface area contributed by atoms with Gasteiger partial charge in [0.1, 0.15) is 11.2 Å². The van der Waals surface area contributed by atoms with Crippen molar-refractivity contribution in [3.05, 3.63) is 40.7 Å². The molecule has 4 heteroatoms. The maximum atomic E-state index is 13.8. The van der Waals surface area contributed by atoms with Crippen LogP contribution in [0.1, 0.15) is 38.6 Å². The van der Waals surface area contributed by atoms with Crippen LogP contribution in [-0.2, 0) is 0 Å². The van der Waals surface area contributed by atoms with E-state index in [2.05, 4.69) is 4.98 Å². The van der Waals surface area contributed by atoms with Crippen LogP contribution in [-0.4, -0.2) is 9.55 Å². The minimum Gasteiger partial charge on any atom is -0.296 e. The second kappa shape index (κ2) is 4.76. The molecule has 19 heavy (non-hydrogen) atoms. The van der Waals surface area contributed by atoms with Crippen molar-refractivity contribution in [2.75, 3.05) is 0 Å². The Balaban J connectivity index is 2.12. The first-order chi connectivity index (χ1) is 9.18. The molecule has 1 atom stereocenters. The Morgan fingerprint density at radius 3 is 2.84 bits per heavy atom. The summed E-state index contributed by atoms with van der Waals surface area (Å²) in [5.41, 5.74) is 0.169. The number of benzene rings is 1. The quantitative estimate of drug-likeness (QED) is 0.830. The molecule has 0 aliphatic heterocycles. The lowest BCUT2D eigenvalue weighted by atomic mass is 9.99. The molecule has 1 heterocycles.